The van der Waals surface area contributed by atoms with Gasteiger partial charge in [-0.25, -0.2) is 0 Å². The standard InChI is InChI=1S/C16H20ClN5O2.ClH/c1-21(11-15(23)22-7-5-18-6-8-22)10-14-19-16(20-24-14)12-3-2-4-13(17)9-12;/h2-4,9,18H,5-8,10-11H2,1H3;1H. The summed E-state index contributed by atoms with van der Waals surface area (Å²) in [4.78, 5) is 20.4. The molecule has 2 heterocycles. The summed E-state index contributed by atoms with van der Waals surface area (Å²) in [5.41, 5.74) is 0.803. The molecule has 0 spiro atoms. The number of rotatable bonds is 5. The summed E-state index contributed by atoms with van der Waals surface area (Å²) in [5, 5.41) is 7.83. The van der Waals surface area contributed by atoms with Crippen LogP contribution in [0.1, 0.15) is 5.89 Å². The van der Waals surface area contributed by atoms with E-state index in [4.69, 9.17) is 16.1 Å². The summed E-state index contributed by atoms with van der Waals surface area (Å²) in [6.45, 7) is 3.96. The fraction of sp³-hybridized carbons (Fsp3) is 0.438. The van der Waals surface area contributed by atoms with Crippen LogP contribution in [0.2, 0.25) is 5.02 Å². The second-order valence-electron chi connectivity index (χ2n) is 5.83. The highest BCUT2D eigenvalue weighted by Gasteiger charge is 2.19. The Morgan fingerprint density at radius 3 is 2.88 bits per heavy atom. The van der Waals surface area contributed by atoms with Crippen molar-refractivity contribution in [1.82, 2.24) is 25.3 Å². The molecular weight excluding hydrogens is 365 g/mol. The Kier molecular flexibility index (Phi) is 7.19. The molecule has 25 heavy (non-hydrogen) atoms. The summed E-state index contributed by atoms with van der Waals surface area (Å²) in [6.07, 6.45) is 0. The number of carbonyl (C=O) groups excluding carboxylic acids is 1. The van der Waals surface area contributed by atoms with Crippen LogP contribution in [0.15, 0.2) is 28.8 Å². The minimum Gasteiger partial charge on any atom is -0.339 e. The van der Waals surface area contributed by atoms with E-state index < -0.39 is 0 Å². The molecule has 1 amide bonds. The number of amides is 1. The first-order valence-corrected chi connectivity index (χ1v) is 8.25. The van der Waals surface area contributed by atoms with E-state index in [0.717, 1.165) is 31.7 Å². The van der Waals surface area contributed by atoms with Gasteiger partial charge in [-0.1, -0.05) is 28.9 Å². The molecule has 0 radical (unpaired) electrons. The molecule has 7 nitrogen and oxygen atoms in total. The van der Waals surface area contributed by atoms with Crippen LogP contribution in [0, 0.1) is 0 Å². The molecule has 0 bridgehead atoms. The Hall–Kier alpha value is -1.67. The lowest BCUT2D eigenvalue weighted by Crippen LogP contribution is -2.49. The van der Waals surface area contributed by atoms with Crippen LogP contribution >= 0.6 is 24.0 Å². The van der Waals surface area contributed by atoms with Crippen LogP contribution in [0.5, 0.6) is 0 Å². The van der Waals surface area contributed by atoms with Crippen LogP contribution in [-0.4, -0.2) is 65.6 Å². The van der Waals surface area contributed by atoms with Gasteiger partial charge in [0.15, 0.2) is 0 Å². The van der Waals surface area contributed by atoms with E-state index in [9.17, 15) is 4.79 Å². The van der Waals surface area contributed by atoms with Gasteiger partial charge in [0.05, 0.1) is 13.1 Å². The Balaban J connectivity index is 0.00000225. The quantitative estimate of drug-likeness (QED) is 0.843. The van der Waals surface area contributed by atoms with Crippen molar-refractivity contribution in [2.75, 3.05) is 39.8 Å². The summed E-state index contributed by atoms with van der Waals surface area (Å²) < 4.78 is 5.28. The fourth-order valence-electron chi connectivity index (χ4n) is 2.60. The highest BCUT2D eigenvalue weighted by molar-refractivity contribution is 6.30. The molecule has 0 atom stereocenters. The van der Waals surface area contributed by atoms with Crippen LogP contribution in [-0.2, 0) is 11.3 Å². The first-order valence-electron chi connectivity index (χ1n) is 7.87. The molecule has 1 aliphatic heterocycles. The minimum atomic E-state index is 0. The van der Waals surface area contributed by atoms with Gasteiger partial charge in [-0.15, -0.1) is 12.4 Å². The molecule has 0 saturated carbocycles. The highest BCUT2D eigenvalue weighted by atomic mass is 35.5. The highest BCUT2D eigenvalue weighted by Crippen LogP contribution is 2.20. The van der Waals surface area contributed by atoms with Crippen molar-refractivity contribution in [2.24, 2.45) is 0 Å². The van der Waals surface area contributed by atoms with Gasteiger partial charge >= 0.3 is 0 Å². The lowest BCUT2D eigenvalue weighted by Gasteiger charge is -2.28. The predicted octanol–water partition coefficient (Wildman–Crippen LogP) is 1.68. The van der Waals surface area contributed by atoms with Crippen molar-refractivity contribution in [3.63, 3.8) is 0 Å². The van der Waals surface area contributed by atoms with Crippen molar-refractivity contribution in [3.8, 4) is 11.4 Å². The van der Waals surface area contributed by atoms with E-state index in [-0.39, 0.29) is 18.3 Å². The topological polar surface area (TPSA) is 74.5 Å². The Labute approximate surface area is 157 Å². The molecule has 1 aromatic heterocycles. The fourth-order valence-corrected chi connectivity index (χ4v) is 2.79. The number of piperazine rings is 1. The molecule has 0 aliphatic carbocycles. The molecule has 3 rings (SSSR count). The predicted molar refractivity (Wildman–Crippen MR) is 97.8 cm³/mol. The molecule has 1 aromatic carbocycles. The lowest BCUT2D eigenvalue weighted by molar-refractivity contribution is -0.132. The summed E-state index contributed by atoms with van der Waals surface area (Å²) >= 11 is 5.98. The third kappa shape index (κ3) is 5.40. The molecule has 1 fully saturated rings. The third-order valence-electron chi connectivity index (χ3n) is 3.83. The maximum Gasteiger partial charge on any atom is 0.241 e. The summed E-state index contributed by atoms with van der Waals surface area (Å²) in [6, 6.07) is 7.29. The zero-order valence-corrected chi connectivity index (χ0v) is 15.5. The van der Waals surface area contributed by atoms with Gasteiger partial charge in [-0.2, -0.15) is 4.98 Å². The number of benzene rings is 1. The van der Waals surface area contributed by atoms with Crippen molar-refractivity contribution in [2.45, 2.75) is 6.54 Å². The molecule has 1 N–H and O–H groups in total. The number of nitrogens with one attached hydrogen (secondary N) is 1. The Morgan fingerprint density at radius 1 is 1.40 bits per heavy atom. The SMILES string of the molecule is CN(CC(=O)N1CCNCC1)Cc1nc(-c2cccc(Cl)c2)no1.Cl. The van der Waals surface area contributed by atoms with Crippen molar-refractivity contribution in [1.29, 1.82) is 0 Å². The number of hydrogen-bond acceptors (Lipinski definition) is 6. The number of carbonyl (C=O) groups is 1. The first-order chi connectivity index (χ1) is 11.6. The lowest BCUT2D eigenvalue weighted by atomic mass is 10.2. The second-order valence-corrected chi connectivity index (χ2v) is 6.26. The average molecular weight is 386 g/mol. The molecule has 1 aliphatic rings. The van der Waals surface area contributed by atoms with Gasteiger partial charge in [0.1, 0.15) is 0 Å². The zero-order valence-electron chi connectivity index (χ0n) is 13.9. The number of nitrogens with zero attached hydrogens (tertiary/aromatic N) is 4. The van der Waals surface area contributed by atoms with Crippen LogP contribution in [0.4, 0.5) is 0 Å². The van der Waals surface area contributed by atoms with Crippen molar-refractivity contribution >= 4 is 29.9 Å². The van der Waals surface area contributed by atoms with Gasteiger partial charge in [0.2, 0.25) is 17.6 Å². The van der Waals surface area contributed by atoms with Gasteiger partial charge in [-0.05, 0) is 19.2 Å². The summed E-state index contributed by atoms with van der Waals surface area (Å²) in [5.74, 6) is 1.09. The maximum atomic E-state index is 12.2. The molecule has 136 valence electrons. The average Bonchev–Trinajstić information content (AvgIpc) is 3.04. The number of aromatic nitrogens is 2. The van der Waals surface area contributed by atoms with E-state index in [1.165, 1.54) is 0 Å². The van der Waals surface area contributed by atoms with E-state index in [2.05, 4.69) is 15.5 Å². The van der Waals surface area contributed by atoms with E-state index >= 15 is 0 Å². The Morgan fingerprint density at radius 2 is 2.16 bits per heavy atom. The van der Waals surface area contributed by atoms with Gasteiger partial charge < -0.3 is 14.7 Å². The molecule has 2 aromatic rings. The summed E-state index contributed by atoms with van der Waals surface area (Å²) in [7, 11) is 1.86. The number of hydrogen-bond donors (Lipinski definition) is 1. The zero-order chi connectivity index (χ0) is 16.9. The molecule has 0 unspecified atom stereocenters. The van der Waals surface area contributed by atoms with Crippen LogP contribution in [0.25, 0.3) is 11.4 Å². The van der Waals surface area contributed by atoms with Crippen LogP contribution in [0.3, 0.4) is 0 Å². The largest absolute Gasteiger partial charge is 0.339 e. The molecule has 9 heteroatoms. The molecule has 1 saturated heterocycles. The van der Waals surface area contributed by atoms with Crippen molar-refractivity contribution < 1.29 is 9.32 Å². The number of halogens is 2. The molecular formula is C16H21Cl2N5O2. The second kappa shape index (κ2) is 9.15. The van der Waals surface area contributed by atoms with E-state index in [1.807, 2.05) is 29.0 Å². The normalized spacial score (nSPS) is 14.4. The minimum absolute atomic E-state index is 0. The van der Waals surface area contributed by atoms with Crippen LogP contribution < -0.4 is 5.32 Å². The smallest absolute Gasteiger partial charge is 0.241 e. The first kappa shape index (κ1) is 19.7. The third-order valence-corrected chi connectivity index (χ3v) is 4.07. The van der Waals surface area contributed by atoms with Crippen molar-refractivity contribution in [3.05, 3.63) is 35.2 Å². The van der Waals surface area contributed by atoms with E-state index in [0.29, 0.717) is 29.8 Å². The van der Waals surface area contributed by atoms with Gasteiger partial charge in [0.25, 0.3) is 0 Å². The monoisotopic (exact) mass is 385 g/mol. The Bertz CT molecular complexity index is 703. The van der Waals surface area contributed by atoms with Gasteiger partial charge in [0, 0.05) is 36.8 Å². The maximum absolute atomic E-state index is 12.2. The number of likely N-dealkylation sites (N-methyl/N-ethyl adjacent to an activating group) is 1. The van der Waals surface area contributed by atoms with E-state index in [1.54, 1.807) is 12.1 Å². The van der Waals surface area contributed by atoms with Gasteiger partial charge in [-0.3, -0.25) is 9.69 Å².